The van der Waals surface area contributed by atoms with Crippen LogP contribution in [0.5, 0.6) is 5.75 Å². The molecule has 0 saturated carbocycles. The summed E-state index contributed by atoms with van der Waals surface area (Å²) in [6.45, 7) is 4.11. The third-order valence-electron chi connectivity index (χ3n) is 3.78. The molecule has 0 radical (unpaired) electrons. The Bertz CT molecular complexity index is 569. The largest absolute Gasteiger partial charge is 0.875 e. The van der Waals surface area contributed by atoms with E-state index in [-0.39, 0.29) is 23.1 Å². The summed E-state index contributed by atoms with van der Waals surface area (Å²) < 4.78 is 6.02. The molecule has 2 aliphatic rings. The van der Waals surface area contributed by atoms with Gasteiger partial charge in [-0.05, 0) is 43.4 Å². The Morgan fingerprint density at radius 1 is 1.32 bits per heavy atom. The number of hydrogen-bond donors (Lipinski definition) is 0. The predicted octanol–water partition coefficient (Wildman–Crippen LogP) is 2.09. The fraction of sp³-hybridized carbons (Fsp3) is 0.438. The number of allylic oxidation sites excluding steroid dienone is 2. The minimum atomic E-state index is -0.201. The number of carbonyl (C=O) groups excluding carboxylic acids is 1. The zero-order valence-corrected chi connectivity index (χ0v) is 11.2. The molecule has 1 aromatic carbocycles. The van der Waals surface area contributed by atoms with Crippen LogP contribution in [0, 0.1) is 0 Å². The lowest BCUT2D eigenvalue weighted by atomic mass is 9.85. The van der Waals surface area contributed by atoms with Crippen LogP contribution >= 0.6 is 0 Å². The maximum atomic E-state index is 11.6. The van der Waals surface area contributed by atoms with Gasteiger partial charge in [-0.2, -0.15) is 0 Å². The zero-order valence-electron chi connectivity index (χ0n) is 11.2. The van der Waals surface area contributed by atoms with Crippen molar-refractivity contribution < 1.29 is 14.6 Å². The molecule has 100 valence electrons. The standard InChI is InChI=1S/C16H18O3/c1-16(2)9-10-4-3-5-14(15(10)19-16)11-6-12(17)8-13(18)7-11/h3-5,8,11,17H,6-7,9H2,1-2H3/p-1. The molecule has 0 fully saturated rings. The van der Waals surface area contributed by atoms with Crippen molar-refractivity contribution in [3.63, 3.8) is 0 Å². The highest BCUT2D eigenvalue weighted by atomic mass is 16.5. The minimum absolute atomic E-state index is 0.0335. The summed E-state index contributed by atoms with van der Waals surface area (Å²) in [6.07, 6.45) is 2.92. The maximum absolute atomic E-state index is 11.6. The van der Waals surface area contributed by atoms with Gasteiger partial charge >= 0.3 is 0 Å². The highest BCUT2D eigenvalue weighted by Gasteiger charge is 2.33. The van der Waals surface area contributed by atoms with Gasteiger partial charge in [0.05, 0.1) is 0 Å². The van der Waals surface area contributed by atoms with Crippen molar-refractivity contribution in [2.45, 2.75) is 44.6 Å². The number of carbonyl (C=O) groups is 1. The fourth-order valence-corrected chi connectivity index (χ4v) is 3.04. The van der Waals surface area contributed by atoms with Crippen molar-refractivity contribution in [1.29, 1.82) is 0 Å². The van der Waals surface area contributed by atoms with Gasteiger partial charge in [0.15, 0.2) is 5.78 Å². The third kappa shape index (κ3) is 2.25. The maximum Gasteiger partial charge on any atom is 0.155 e. The van der Waals surface area contributed by atoms with Crippen LogP contribution in [-0.4, -0.2) is 11.4 Å². The summed E-state index contributed by atoms with van der Waals surface area (Å²) in [5, 5.41) is 11.6. The van der Waals surface area contributed by atoms with Crippen molar-refractivity contribution in [2.75, 3.05) is 0 Å². The van der Waals surface area contributed by atoms with E-state index < -0.39 is 0 Å². The number of para-hydroxylation sites is 1. The molecule has 1 aromatic rings. The molecule has 0 bridgehead atoms. The van der Waals surface area contributed by atoms with Gasteiger partial charge in [-0.15, -0.1) is 5.76 Å². The van der Waals surface area contributed by atoms with Crippen molar-refractivity contribution >= 4 is 5.78 Å². The zero-order chi connectivity index (χ0) is 13.6. The first-order valence-corrected chi connectivity index (χ1v) is 6.66. The van der Waals surface area contributed by atoms with Crippen molar-refractivity contribution in [3.8, 4) is 5.75 Å². The smallest absolute Gasteiger partial charge is 0.155 e. The first kappa shape index (κ1) is 12.3. The molecule has 3 nitrogen and oxygen atoms in total. The lowest BCUT2D eigenvalue weighted by Gasteiger charge is -2.27. The van der Waals surface area contributed by atoms with E-state index in [9.17, 15) is 9.90 Å². The van der Waals surface area contributed by atoms with Crippen LogP contribution in [0.1, 0.15) is 43.7 Å². The molecule has 1 unspecified atom stereocenters. The van der Waals surface area contributed by atoms with Crippen LogP contribution in [0.25, 0.3) is 0 Å². The first-order chi connectivity index (χ1) is 8.94. The molecule has 0 amide bonds. The summed E-state index contributed by atoms with van der Waals surface area (Å²) in [6, 6.07) is 6.04. The summed E-state index contributed by atoms with van der Waals surface area (Å²) in [4.78, 5) is 11.6. The quantitative estimate of drug-likeness (QED) is 0.774. The van der Waals surface area contributed by atoms with E-state index in [1.54, 1.807) is 0 Å². The number of fused-ring (bicyclic) bond motifs is 1. The second-order valence-corrected chi connectivity index (χ2v) is 6.06. The lowest BCUT2D eigenvalue weighted by molar-refractivity contribution is -0.308. The van der Waals surface area contributed by atoms with Crippen molar-refractivity contribution in [2.24, 2.45) is 0 Å². The summed E-state index contributed by atoms with van der Waals surface area (Å²) in [5.74, 6) is 0.709. The van der Waals surface area contributed by atoms with E-state index in [1.807, 2.05) is 12.1 Å². The van der Waals surface area contributed by atoms with E-state index in [0.29, 0.717) is 12.8 Å². The van der Waals surface area contributed by atoms with Crippen LogP contribution in [-0.2, 0) is 11.2 Å². The Kier molecular flexibility index (Phi) is 2.66. The lowest BCUT2D eigenvalue weighted by Crippen LogP contribution is -2.25. The van der Waals surface area contributed by atoms with Crippen molar-refractivity contribution in [3.05, 3.63) is 41.2 Å². The second-order valence-electron chi connectivity index (χ2n) is 6.06. The Morgan fingerprint density at radius 3 is 2.84 bits per heavy atom. The van der Waals surface area contributed by atoms with E-state index in [0.717, 1.165) is 17.7 Å². The third-order valence-corrected chi connectivity index (χ3v) is 3.78. The highest BCUT2D eigenvalue weighted by Crippen LogP contribution is 2.43. The van der Waals surface area contributed by atoms with E-state index in [1.165, 1.54) is 11.6 Å². The molecular formula is C16H17O3-. The highest BCUT2D eigenvalue weighted by molar-refractivity contribution is 5.91. The average molecular weight is 257 g/mol. The summed E-state index contributed by atoms with van der Waals surface area (Å²) in [5.41, 5.74) is 1.99. The summed E-state index contributed by atoms with van der Waals surface area (Å²) >= 11 is 0. The summed E-state index contributed by atoms with van der Waals surface area (Å²) in [7, 11) is 0. The predicted molar refractivity (Wildman–Crippen MR) is 69.9 cm³/mol. The van der Waals surface area contributed by atoms with Gasteiger partial charge in [-0.25, -0.2) is 0 Å². The van der Waals surface area contributed by atoms with Gasteiger partial charge in [-0.1, -0.05) is 18.2 Å². The van der Waals surface area contributed by atoms with E-state index >= 15 is 0 Å². The topological polar surface area (TPSA) is 49.4 Å². The molecule has 0 saturated heterocycles. The molecule has 0 spiro atoms. The van der Waals surface area contributed by atoms with Crippen LogP contribution < -0.4 is 9.84 Å². The minimum Gasteiger partial charge on any atom is -0.875 e. The number of rotatable bonds is 1. The number of ketones is 1. The Labute approximate surface area is 112 Å². The average Bonchev–Trinajstić information content (AvgIpc) is 2.60. The van der Waals surface area contributed by atoms with Gasteiger partial charge < -0.3 is 9.84 Å². The molecule has 19 heavy (non-hydrogen) atoms. The number of benzene rings is 1. The molecule has 1 aliphatic carbocycles. The Morgan fingerprint density at radius 2 is 2.11 bits per heavy atom. The molecule has 1 atom stereocenters. The molecule has 3 heteroatoms. The molecular weight excluding hydrogens is 240 g/mol. The van der Waals surface area contributed by atoms with Crippen LogP contribution in [0.3, 0.4) is 0 Å². The van der Waals surface area contributed by atoms with Crippen LogP contribution in [0.15, 0.2) is 30.0 Å². The molecule has 0 aromatic heterocycles. The fourth-order valence-electron chi connectivity index (χ4n) is 3.04. The first-order valence-electron chi connectivity index (χ1n) is 6.66. The monoisotopic (exact) mass is 257 g/mol. The SMILES string of the molecule is CC1(C)Cc2cccc(C3CC(=O)C=C([O-])C3)c2O1. The molecule has 3 rings (SSSR count). The second kappa shape index (κ2) is 4.12. The van der Waals surface area contributed by atoms with Gasteiger partial charge in [0.25, 0.3) is 0 Å². The van der Waals surface area contributed by atoms with E-state index in [4.69, 9.17) is 4.74 Å². The number of hydrogen-bond acceptors (Lipinski definition) is 3. The Hall–Kier alpha value is -1.77. The van der Waals surface area contributed by atoms with Crippen LogP contribution in [0.4, 0.5) is 0 Å². The van der Waals surface area contributed by atoms with Gasteiger partial charge in [-0.3, -0.25) is 4.79 Å². The normalized spacial score (nSPS) is 24.6. The molecule has 0 N–H and O–H groups in total. The van der Waals surface area contributed by atoms with Crippen molar-refractivity contribution in [1.82, 2.24) is 0 Å². The molecule has 1 heterocycles. The van der Waals surface area contributed by atoms with Gasteiger partial charge in [0, 0.05) is 12.8 Å². The Balaban J connectivity index is 1.98. The van der Waals surface area contributed by atoms with Crippen LogP contribution in [0.2, 0.25) is 0 Å². The molecule has 1 aliphatic heterocycles. The van der Waals surface area contributed by atoms with Gasteiger partial charge in [0.1, 0.15) is 11.4 Å². The number of ether oxygens (including phenoxy) is 1. The van der Waals surface area contributed by atoms with E-state index in [2.05, 4.69) is 19.9 Å². The van der Waals surface area contributed by atoms with Gasteiger partial charge in [0.2, 0.25) is 0 Å².